The van der Waals surface area contributed by atoms with Gasteiger partial charge < -0.3 is 15.1 Å². The predicted molar refractivity (Wildman–Crippen MR) is 139 cm³/mol. The summed E-state index contributed by atoms with van der Waals surface area (Å²) < 4.78 is 41.0. The molecule has 1 aromatic rings. The first-order valence-electron chi connectivity index (χ1n) is 12.1. The topological polar surface area (TPSA) is 141 Å². The molecule has 0 aliphatic heterocycles. The van der Waals surface area contributed by atoms with Crippen molar-refractivity contribution in [3.05, 3.63) is 24.3 Å². The fourth-order valence-electron chi connectivity index (χ4n) is 3.49. The van der Waals surface area contributed by atoms with Crippen LogP contribution in [0.2, 0.25) is 0 Å². The second-order valence-corrected chi connectivity index (χ2v) is 13.0. The van der Waals surface area contributed by atoms with Gasteiger partial charge in [-0.05, 0) is 43.6 Å². The average Bonchev–Trinajstić information content (AvgIpc) is 2.74. The second kappa shape index (κ2) is 17.5. The van der Waals surface area contributed by atoms with E-state index >= 15 is 0 Å². The first-order valence-corrected chi connectivity index (χ1v) is 16.5. The molecule has 0 aliphatic carbocycles. The molecule has 0 aliphatic rings. The van der Waals surface area contributed by atoms with Crippen LogP contribution in [0.3, 0.4) is 0 Å². The molecule has 1 amide bonds. The molecule has 0 atom stereocenters. The molecular formula is C23H40NO7PS2. The summed E-state index contributed by atoms with van der Waals surface area (Å²) in [7, 11) is -7.73. The summed E-state index contributed by atoms with van der Waals surface area (Å²) in [5, 5.41) is 3.00. The summed E-state index contributed by atoms with van der Waals surface area (Å²) in [6.07, 6.45) is 11.1. The number of amides is 1. The minimum Gasteiger partial charge on any atom is -0.325 e. The minimum absolute atomic E-state index is 0.00579. The fraction of sp³-hybridized carbons (Fsp3) is 0.696. The lowest BCUT2D eigenvalue weighted by atomic mass is 10.1. The van der Waals surface area contributed by atoms with Crippen LogP contribution in [0.25, 0.3) is 0 Å². The lowest BCUT2D eigenvalue weighted by molar-refractivity contribution is -0.116. The maximum Gasteiger partial charge on any atom is 0.325 e. The maximum atomic E-state index is 12.3. The highest BCUT2D eigenvalue weighted by Crippen LogP contribution is 2.35. The van der Waals surface area contributed by atoms with E-state index in [9.17, 15) is 17.8 Å². The first kappa shape index (κ1) is 31.1. The smallest absolute Gasteiger partial charge is 0.325 e. The Labute approximate surface area is 208 Å². The number of carbonyl (C=O) groups excluding carboxylic acids is 1. The van der Waals surface area contributed by atoms with Gasteiger partial charge in [-0.15, -0.1) is 11.8 Å². The Morgan fingerprint density at radius 1 is 0.853 bits per heavy atom. The molecule has 0 aromatic heterocycles. The zero-order valence-corrected chi connectivity index (χ0v) is 22.4. The number of anilines is 1. The molecule has 0 fully saturated rings. The van der Waals surface area contributed by atoms with E-state index in [4.69, 9.17) is 14.3 Å². The zero-order chi connectivity index (χ0) is 25.3. The number of hydrogen-bond donors (Lipinski definition) is 4. The van der Waals surface area contributed by atoms with Crippen LogP contribution < -0.4 is 5.32 Å². The molecule has 0 saturated carbocycles. The third-order valence-corrected chi connectivity index (χ3v) is 8.18. The Morgan fingerprint density at radius 2 is 1.41 bits per heavy atom. The van der Waals surface area contributed by atoms with Crippen molar-refractivity contribution < 1.29 is 32.1 Å². The van der Waals surface area contributed by atoms with E-state index in [0.717, 1.165) is 80.5 Å². The van der Waals surface area contributed by atoms with Crippen LogP contribution in [0.15, 0.2) is 29.2 Å². The Bertz CT molecular complexity index is 859. The summed E-state index contributed by atoms with van der Waals surface area (Å²) in [4.78, 5) is 30.9. The molecular weight excluding hydrogens is 497 g/mol. The Morgan fingerprint density at radius 3 is 2.03 bits per heavy atom. The highest BCUT2D eigenvalue weighted by molar-refractivity contribution is 7.99. The largest absolute Gasteiger partial charge is 0.325 e. The van der Waals surface area contributed by atoms with Crippen molar-refractivity contribution in [3.63, 3.8) is 0 Å². The molecule has 1 rings (SSSR count). The molecule has 11 heteroatoms. The summed E-state index contributed by atoms with van der Waals surface area (Å²) in [6, 6.07) is 7.66. The quantitative estimate of drug-likeness (QED) is 0.0702. The van der Waals surface area contributed by atoms with Gasteiger partial charge in [0.1, 0.15) is 0 Å². The summed E-state index contributed by atoms with van der Waals surface area (Å²) >= 11 is 1.63. The van der Waals surface area contributed by atoms with Gasteiger partial charge >= 0.3 is 7.60 Å². The number of nitrogens with one attached hydrogen (secondary N) is 1. The van der Waals surface area contributed by atoms with Crippen LogP contribution in [-0.2, 0) is 19.5 Å². The van der Waals surface area contributed by atoms with E-state index < -0.39 is 17.7 Å². The van der Waals surface area contributed by atoms with Crippen LogP contribution in [0.4, 0.5) is 5.69 Å². The fourth-order valence-corrected chi connectivity index (χ4v) is 5.72. The number of unbranched alkanes of at least 4 members (excludes halogenated alkanes) is 10. The molecule has 0 heterocycles. The van der Waals surface area contributed by atoms with E-state index in [2.05, 4.69) is 5.32 Å². The van der Waals surface area contributed by atoms with Crippen molar-refractivity contribution in [1.29, 1.82) is 0 Å². The van der Waals surface area contributed by atoms with Gasteiger partial charge in [0.15, 0.2) is 0 Å². The SMILES string of the molecule is O=C(CCCCCCCCCCCP(=O)(O)O)Nc1ccccc1SCCCCCS(=O)(=O)O. The molecule has 8 nitrogen and oxygen atoms in total. The predicted octanol–water partition coefficient (Wildman–Crippen LogP) is 5.85. The molecule has 34 heavy (non-hydrogen) atoms. The number of thioether (sulfide) groups is 1. The first-order chi connectivity index (χ1) is 16.1. The van der Waals surface area contributed by atoms with Crippen molar-refractivity contribution in [1.82, 2.24) is 0 Å². The highest BCUT2D eigenvalue weighted by Gasteiger charge is 2.11. The van der Waals surface area contributed by atoms with Crippen LogP contribution in [-0.4, -0.2) is 46.3 Å². The number of para-hydroxylation sites is 1. The average molecular weight is 538 g/mol. The van der Waals surface area contributed by atoms with E-state index in [-0.39, 0.29) is 17.8 Å². The van der Waals surface area contributed by atoms with Crippen LogP contribution >= 0.6 is 19.4 Å². The van der Waals surface area contributed by atoms with Crippen LogP contribution in [0.1, 0.15) is 83.5 Å². The third kappa shape index (κ3) is 18.4. The molecule has 0 radical (unpaired) electrons. The normalized spacial score (nSPS) is 12.1. The van der Waals surface area contributed by atoms with Crippen molar-refractivity contribution in [2.45, 2.75) is 88.4 Å². The summed E-state index contributed by atoms with van der Waals surface area (Å²) in [6.45, 7) is 0. The van der Waals surface area contributed by atoms with Crippen molar-refractivity contribution >= 4 is 41.1 Å². The minimum atomic E-state index is -3.88. The van der Waals surface area contributed by atoms with Gasteiger partial charge in [0.2, 0.25) is 5.91 Å². The zero-order valence-electron chi connectivity index (χ0n) is 19.9. The molecule has 0 spiro atoms. The third-order valence-electron chi connectivity index (χ3n) is 5.32. The molecule has 4 N–H and O–H groups in total. The van der Waals surface area contributed by atoms with Crippen LogP contribution in [0, 0.1) is 0 Å². The number of carbonyl (C=O) groups is 1. The van der Waals surface area contributed by atoms with Crippen molar-refractivity contribution in [2.75, 3.05) is 23.0 Å². The summed E-state index contributed by atoms with van der Waals surface area (Å²) in [5.41, 5.74) is 0.800. The summed E-state index contributed by atoms with van der Waals surface area (Å²) in [5.74, 6) is 0.611. The van der Waals surface area contributed by atoms with Gasteiger partial charge in [0.05, 0.1) is 11.4 Å². The Kier molecular flexibility index (Phi) is 16.0. The number of rotatable bonds is 20. The second-order valence-electron chi connectivity index (χ2n) is 8.56. The lowest BCUT2D eigenvalue weighted by Crippen LogP contribution is -2.11. The van der Waals surface area contributed by atoms with Crippen molar-refractivity contribution in [3.8, 4) is 0 Å². The molecule has 196 valence electrons. The van der Waals surface area contributed by atoms with E-state index in [1.54, 1.807) is 11.8 Å². The van der Waals surface area contributed by atoms with Gasteiger partial charge in [-0.25, -0.2) is 0 Å². The monoisotopic (exact) mass is 537 g/mol. The van der Waals surface area contributed by atoms with Gasteiger partial charge in [-0.1, -0.05) is 63.5 Å². The maximum absolute atomic E-state index is 12.3. The number of benzene rings is 1. The van der Waals surface area contributed by atoms with Crippen molar-refractivity contribution in [2.24, 2.45) is 0 Å². The number of hydrogen-bond acceptors (Lipinski definition) is 5. The van der Waals surface area contributed by atoms with Crippen LogP contribution in [0.5, 0.6) is 0 Å². The standard InChI is InChI=1S/C23H40NO7PS2/c25-23(17-9-6-4-2-1-3-5-7-12-18-32(26,27)28)24-21-15-10-11-16-22(21)33-19-13-8-14-20-34(29,30)31/h10-11,15-16H,1-9,12-14,17-20H2,(H,24,25)(H2,26,27,28)(H,29,30,31). The van der Waals surface area contributed by atoms with Gasteiger partial charge in [0, 0.05) is 17.5 Å². The Balaban J connectivity index is 2.11. The Hall–Kier alpha value is -0.900. The highest BCUT2D eigenvalue weighted by atomic mass is 32.2. The lowest BCUT2D eigenvalue weighted by Gasteiger charge is -2.11. The molecule has 0 unspecified atom stereocenters. The molecule has 0 saturated heterocycles. The van der Waals surface area contributed by atoms with Gasteiger partial charge in [-0.3, -0.25) is 13.9 Å². The molecule has 0 bridgehead atoms. The van der Waals surface area contributed by atoms with Gasteiger partial charge in [0.25, 0.3) is 10.1 Å². The van der Waals surface area contributed by atoms with E-state index in [1.807, 2.05) is 24.3 Å². The van der Waals surface area contributed by atoms with Gasteiger partial charge in [-0.2, -0.15) is 8.42 Å². The van der Waals surface area contributed by atoms with E-state index in [0.29, 0.717) is 19.3 Å². The molecule has 1 aromatic carbocycles. The van der Waals surface area contributed by atoms with E-state index in [1.165, 1.54) is 0 Å².